The van der Waals surface area contributed by atoms with Crippen molar-refractivity contribution in [2.45, 2.75) is 25.3 Å². The summed E-state index contributed by atoms with van der Waals surface area (Å²) in [5.41, 5.74) is 5.36. The molecular formula is C11H12Br2N2O2S. The minimum absolute atomic E-state index is 0.116. The number of likely N-dealkylation sites (tertiary alicyclic amines) is 1. The van der Waals surface area contributed by atoms with Crippen molar-refractivity contribution < 1.29 is 9.59 Å². The summed E-state index contributed by atoms with van der Waals surface area (Å²) in [5, 5.41) is 0. The number of rotatable bonds is 2. The van der Waals surface area contributed by atoms with Crippen LogP contribution < -0.4 is 5.73 Å². The lowest BCUT2D eigenvalue weighted by atomic mass is 10.0. The van der Waals surface area contributed by atoms with Gasteiger partial charge in [0.15, 0.2) is 0 Å². The Kier molecular flexibility index (Phi) is 4.45. The van der Waals surface area contributed by atoms with E-state index in [1.165, 1.54) is 11.3 Å². The SMILES string of the molecule is NC(=O)C1CCCCN1C(=O)c1cc(Br)c(Br)s1. The van der Waals surface area contributed by atoms with E-state index < -0.39 is 11.9 Å². The van der Waals surface area contributed by atoms with Crippen molar-refractivity contribution in [3.63, 3.8) is 0 Å². The molecule has 7 heteroatoms. The number of hydrogen-bond acceptors (Lipinski definition) is 3. The number of carbonyl (C=O) groups is 2. The van der Waals surface area contributed by atoms with Gasteiger partial charge in [-0.2, -0.15) is 0 Å². The van der Waals surface area contributed by atoms with E-state index in [2.05, 4.69) is 31.9 Å². The van der Waals surface area contributed by atoms with Crippen LogP contribution in [0.2, 0.25) is 0 Å². The number of nitrogens with zero attached hydrogens (tertiary/aromatic N) is 1. The van der Waals surface area contributed by atoms with Gasteiger partial charge in [-0.15, -0.1) is 11.3 Å². The van der Waals surface area contributed by atoms with Gasteiger partial charge in [0.25, 0.3) is 5.91 Å². The molecule has 0 radical (unpaired) electrons. The first-order chi connectivity index (χ1) is 8.50. The molecule has 2 rings (SSSR count). The molecule has 98 valence electrons. The summed E-state index contributed by atoms with van der Waals surface area (Å²) in [7, 11) is 0. The van der Waals surface area contributed by atoms with Crippen LogP contribution >= 0.6 is 43.2 Å². The molecule has 1 aliphatic heterocycles. The van der Waals surface area contributed by atoms with Crippen molar-refractivity contribution in [3.8, 4) is 0 Å². The number of primary amides is 1. The molecule has 1 fully saturated rings. The molecular weight excluding hydrogens is 384 g/mol. The zero-order valence-corrected chi connectivity index (χ0v) is 13.5. The van der Waals surface area contributed by atoms with Crippen molar-refractivity contribution in [1.82, 2.24) is 4.90 Å². The summed E-state index contributed by atoms with van der Waals surface area (Å²) >= 11 is 8.07. The zero-order chi connectivity index (χ0) is 13.3. The Hall–Kier alpha value is -0.400. The Morgan fingerprint density at radius 1 is 1.39 bits per heavy atom. The minimum atomic E-state index is -0.467. The maximum atomic E-state index is 12.4. The van der Waals surface area contributed by atoms with Gasteiger partial charge in [-0.1, -0.05) is 0 Å². The molecule has 2 N–H and O–H groups in total. The fourth-order valence-corrected chi connectivity index (χ4v) is 4.06. The van der Waals surface area contributed by atoms with E-state index in [0.717, 1.165) is 21.1 Å². The van der Waals surface area contributed by atoms with Gasteiger partial charge in [0, 0.05) is 11.0 Å². The molecule has 2 amide bonds. The van der Waals surface area contributed by atoms with E-state index in [9.17, 15) is 9.59 Å². The molecule has 1 aromatic heterocycles. The van der Waals surface area contributed by atoms with E-state index in [4.69, 9.17) is 5.73 Å². The second kappa shape index (κ2) is 5.71. The molecule has 0 saturated carbocycles. The van der Waals surface area contributed by atoms with E-state index in [0.29, 0.717) is 17.8 Å². The second-order valence-electron chi connectivity index (χ2n) is 4.14. The van der Waals surface area contributed by atoms with E-state index in [-0.39, 0.29) is 5.91 Å². The summed E-state index contributed by atoms with van der Waals surface area (Å²) in [6.07, 6.45) is 2.52. The van der Waals surface area contributed by atoms with Gasteiger partial charge in [-0.05, 0) is 57.2 Å². The predicted molar refractivity (Wildman–Crippen MR) is 77.6 cm³/mol. The van der Waals surface area contributed by atoms with Gasteiger partial charge in [0.2, 0.25) is 5.91 Å². The third kappa shape index (κ3) is 2.78. The number of halogens is 2. The van der Waals surface area contributed by atoms with Crippen LogP contribution in [-0.2, 0) is 4.79 Å². The molecule has 2 heterocycles. The number of amides is 2. The van der Waals surface area contributed by atoms with Gasteiger partial charge in [-0.25, -0.2) is 0 Å². The van der Waals surface area contributed by atoms with Crippen molar-refractivity contribution in [2.24, 2.45) is 5.73 Å². The lowest BCUT2D eigenvalue weighted by Gasteiger charge is -2.33. The van der Waals surface area contributed by atoms with Crippen LogP contribution in [0.15, 0.2) is 14.3 Å². The molecule has 0 spiro atoms. The van der Waals surface area contributed by atoms with Gasteiger partial charge >= 0.3 is 0 Å². The highest BCUT2D eigenvalue weighted by Crippen LogP contribution is 2.33. The Bertz CT molecular complexity index is 470. The molecule has 18 heavy (non-hydrogen) atoms. The topological polar surface area (TPSA) is 63.4 Å². The van der Waals surface area contributed by atoms with Crippen LogP contribution in [-0.4, -0.2) is 29.3 Å². The van der Waals surface area contributed by atoms with Crippen LogP contribution in [0, 0.1) is 0 Å². The van der Waals surface area contributed by atoms with Gasteiger partial charge < -0.3 is 10.6 Å². The highest BCUT2D eigenvalue weighted by atomic mass is 79.9. The molecule has 1 unspecified atom stereocenters. The van der Waals surface area contributed by atoms with Crippen LogP contribution in [0.1, 0.15) is 28.9 Å². The average molecular weight is 396 g/mol. The summed E-state index contributed by atoms with van der Waals surface area (Å²) in [6.45, 7) is 0.597. The molecule has 1 aliphatic rings. The Balaban J connectivity index is 2.23. The zero-order valence-electron chi connectivity index (χ0n) is 9.49. The smallest absolute Gasteiger partial charge is 0.264 e. The highest BCUT2D eigenvalue weighted by Gasteiger charge is 2.32. The average Bonchev–Trinajstić information content (AvgIpc) is 2.68. The summed E-state index contributed by atoms with van der Waals surface area (Å²) in [4.78, 5) is 26.0. The molecule has 1 saturated heterocycles. The molecule has 1 aromatic rings. The fraction of sp³-hybridized carbons (Fsp3) is 0.455. The molecule has 4 nitrogen and oxygen atoms in total. The Morgan fingerprint density at radius 2 is 2.11 bits per heavy atom. The van der Waals surface area contributed by atoms with Gasteiger partial charge in [0.05, 0.1) is 8.66 Å². The first kappa shape index (κ1) is 14.0. The second-order valence-corrected chi connectivity index (χ2v) is 7.37. The number of hydrogen-bond donors (Lipinski definition) is 1. The van der Waals surface area contributed by atoms with Crippen molar-refractivity contribution >= 4 is 55.0 Å². The van der Waals surface area contributed by atoms with E-state index in [1.807, 2.05) is 0 Å². The first-order valence-electron chi connectivity index (χ1n) is 5.56. The molecule has 0 aromatic carbocycles. The fourth-order valence-electron chi connectivity index (χ4n) is 2.06. The summed E-state index contributed by atoms with van der Waals surface area (Å²) in [6, 6.07) is 1.30. The normalized spacial score (nSPS) is 19.9. The van der Waals surface area contributed by atoms with Crippen molar-refractivity contribution in [3.05, 3.63) is 19.2 Å². The maximum absolute atomic E-state index is 12.4. The Labute approximate surface area is 126 Å². The monoisotopic (exact) mass is 394 g/mol. The first-order valence-corrected chi connectivity index (χ1v) is 7.96. The molecule has 0 aliphatic carbocycles. The maximum Gasteiger partial charge on any atom is 0.264 e. The van der Waals surface area contributed by atoms with Crippen molar-refractivity contribution in [1.29, 1.82) is 0 Å². The van der Waals surface area contributed by atoms with Crippen LogP contribution in [0.5, 0.6) is 0 Å². The lowest BCUT2D eigenvalue weighted by Crippen LogP contribution is -2.50. The Morgan fingerprint density at radius 3 is 2.67 bits per heavy atom. The number of piperidine rings is 1. The minimum Gasteiger partial charge on any atom is -0.368 e. The van der Waals surface area contributed by atoms with E-state index in [1.54, 1.807) is 11.0 Å². The van der Waals surface area contributed by atoms with Crippen LogP contribution in [0.3, 0.4) is 0 Å². The van der Waals surface area contributed by atoms with Crippen LogP contribution in [0.25, 0.3) is 0 Å². The lowest BCUT2D eigenvalue weighted by molar-refractivity contribution is -0.123. The third-order valence-corrected chi connectivity index (χ3v) is 6.19. The predicted octanol–water partition coefficient (Wildman–Crippen LogP) is 2.75. The van der Waals surface area contributed by atoms with E-state index >= 15 is 0 Å². The number of carbonyl (C=O) groups excluding carboxylic acids is 2. The highest BCUT2D eigenvalue weighted by molar-refractivity contribution is 9.13. The molecule has 0 bridgehead atoms. The number of nitrogens with two attached hydrogens (primary N) is 1. The summed E-state index contributed by atoms with van der Waals surface area (Å²) < 4.78 is 1.72. The quantitative estimate of drug-likeness (QED) is 0.836. The van der Waals surface area contributed by atoms with Crippen LogP contribution in [0.4, 0.5) is 0 Å². The standard InChI is InChI=1S/C11H12Br2N2O2S/c12-6-5-8(18-9(6)13)11(17)15-4-2-1-3-7(15)10(14)16/h5,7H,1-4H2,(H2,14,16). The van der Waals surface area contributed by atoms with Gasteiger partial charge in [0.1, 0.15) is 6.04 Å². The largest absolute Gasteiger partial charge is 0.368 e. The third-order valence-electron chi connectivity index (χ3n) is 2.95. The molecule has 1 atom stereocenters. The summed E-state index contributed by atoms with van der Waals surface area (Å²) in [5.74, 6) is -0.535. The van der Waals surface area contributed by atoms with Crippen molar-refractivity contribution in [2.75, 3.05) is 6.54 Å². The number of thiophene rings is 1. The van der Waals surface area contributed by atoms with Gasteiger partial charge in [-0.3, -0.25) is 9.59 Å².